The number of anilines is 1. The van der Waals surface area contributed by atoms with Crippen molar-refractivity contribution in [3.05, 3.63) is 83.8 Å². The Kier molecular flexibility index (Phi) is 5.90. The number of benzene rings is 2. The van der Waals surface area contributed by atoms with Crippen LogP contribution < -0.4 is 9.64 Å². The maximum Gasteiger partial charge on any atom is 0.262 e. The summed E-state index contributed by atoms with van der Waals surface area (Å²) in [7, 11) is 2.11. The number of aromatic nitrogens is 4. The van der Waals surface area contributed by atoms with Crippen LogP contribution in [-0.2, 0) is 6.61 Å². The van der Waals surface area contributed by atoms with Crippen molar-refractivity contribution < 1.29 is 14.6 Å². The zero-order valence-electron chi connectivity index (χ0n) is 23.5. The molecule has 42 heavy (non-hydrogen) atoms. The van der Waals surface area contributed by atoms with Crippen LogP contribution in [-0.4, -0.2) is 69.0 Å². The van der Waals surface area contributed by atoms with Crippen molar-refractivity contribution >= 4 is 22.6 Å². The number of ether oxygens (including phenoxy) is 1. The lowest BCUT2D eigenvalue weighted by Gasteiger charge is -2.36. The summed E-state index contributed by atoms with van der Waals surface area (Å²) in [5.74, 6) is 1.12. The van der Waals surface area contributed by atoms with Crippen LogP contribution in [0.25, 0.3) is 33.4 Å². The van der Waals surface area contributed by atoms with E-state index in [9.17, 15) is 9.90 Å². The molecular formula is C33H32N6O3. The SMILES string of the molecule is CN1CC(n2cc(-c3cc4c(-c5cccc(N6CCOc7cc(C8CC8)ccc7C6=O)c5CO)ccnc4[nH]3)cn2)C1. The molecule has 5 heterocycles. The molecule has 0 unspecified atom stereocenters. The molecule has 2 fully saturated rings. The Balaban J connectivity index is 1.16. The number of fused-ring (bicyclic) bond motifs is 2. The summed E-state index contributed by atoms with van der Waals surface area (Å²) in [5, 5.41) is 16.2. The van der Waals surface area contributed by atoms with Crippen LogP contribution in [0.1, 0.15) is 46.3 Å². The minimum absolute atomic E-state index is 0.116. The number of carbonyl (C=O) groups is 1. The molecule has 0 radical (unpaired) electrons. The van der Waals surface area contributed by atoms with Gasteiger partial charge in [0.15, 0.2) is 0 Å². The number of nitrogens with one attached hydrogen (secondary N) is 1. The maximum atomic E-state index is 13.9. The number of pyridine rings is 1. The molecule has 9 nitrogen and oxygen atoms in total. The normalized spacial score (nSPS) is 17.7. The molecule has 8 rings (SSSR count). The van der Waals surface area contributed by atoms with Gasteiger partial charge < -0.3 is 24.6 Å². The second-order valence-electron chi connectivity index (χ2n) is 11.7. The lowest BCUT2D eigenvalue weighted by Crippen LogP contribution is -2.45. The lowest BCUT2D eigenvalue weighted by molar-refractivity contribution is 0.0989. The average molecular weight is 561 g/mol. The van der Waals surface area contributed by atoms with Crippen LogP contribution >= 0.6 is 0 Å². The van der Waals surface area contributed by atoms with Gasteiger partial charge in [-0.25, -0.2) is 4.98 Å². The van der Waals surface area contributed by atoms with Crippen molar-refractivity contribution in [2.24, 2.45) is 0 Å². The molecular weight excluding hydrogens is 528 g/mol. The number of hydrogen-bond acceptors (Lipinski definition) is 6. The number of aliphatic hydroxyl groups excluding tert-OH is 1. The van der Waals surface area contributed by atoms with Gasteiger partial charge in [-0.2, -0.15) is 5.10 Å². The fourth-order valence-electron chi connectivity index (χ4n) is 6.40. The first-order chi connectivity index (χ1) is 20.6. The molecule has 1 saturated heterocycles. The van der Waals surface area contributed by atoms with Crippen molar-refractivity contribution in [3.8, 4) is 28.1 Å². The second kappa shape index (κ2) is 9.82. The minimum Gasteiger partial charge on any atom is -0.491 e. The fourth-order valence-corrected chi connectivity index (χ4v) is 6.40. The van der Waals surface area contributed by atoms with Crippen molar-refractivity contribution in [2.45, 2.75) is 31.4 Å². The highest BCUT2D eigenvalue weighted by molar-refractivity contribution is 6.09. The first-order valence-electron chi connectivity index (χ1n) is 14.6. The number of aromatic amines is 1. The van der Waals surface area contributed by atoms with Crippen LogP contribution in [0.4, 0.5) is 5.69 Å². The number of likely N-dealkylation sites (N-methyl/N-ethyl adjacent to an activating group) is 1. The van der Waals surface area contributed by atoms with Crippen molar-refractivity contribution in [1.82, 2.24) is 24.6 Å². The van der Waals surface area contributed by atoms with Gasteiger partial charge in [-0.3, -0.25) is 9.48 Å². The van der Waals surface area contributed by atoms with Crippen molar-refractivity contribution in [3.63, 3.8) is 0 Å². The molecule has 1 saturated carbocycles. The summed E-state index contributed by atoms with van der Waals surface area (Å²) in [5.41, 5.74) is 7.68. The average Bonchev–Trinajstić information content (AvgIpc) is 3.61. The van der Waals surface area contributed by atoms with Gasteiger partial charge in [0.1, 0.15) is 18.0 Å². The Morgan fingerprint density at radius 3 is 2.76 bits per heavy atom. The molecule has 0 spiro atoms. The molecule has 5 aromatic rings. The first-order valence-corrected chi connectivity index (χ1v) is 14.6. The Morgan fingerprint density at radius 1 is 1.07 bits per heavy atom. The fraction of sp³-hybridized carbons (Fsp3) is 0.303. The Hall–Kier alpha value is -4.47. The largest absolute Gasteiger partial charge is 0.491 e. The van der Waals surface area contributed by atoms with Gasteiger partial charge in [0, 0.05) is 42.0 Å². The van der Waals surface area contributed by atoms with E-state index in [0.717, 1.165) is 46.5 Å². The zero-order chi connectivity index (χ0) is 28.4. The molecule has 1 amide bonds. The minimum atomic E-state index is -0.215. The molecule has 9 heteroatoms. The van der Waals surface area contributed by atoms with Gasteiger partial charge in [0.2, 0.25) is 0 Å². The summed E-state index contributed by atoms with van der Waals surface area (Å²) >= 11 is 0. The third-order valence-electron chi connectivity index (χ3n) is 8.86. The summed E-state index contributed by atoms with van der Waals surface area (Å²) in [6.45, 7) is 2.56. The van der Waals surface area contributed by atoms with E-state index in [-0.39, 0.29) is 12.5 Å². The third kappa shape index (κ3) is 4.19. The van der Waals surface area contributed by atoms with Crippen LogP contribution in [0.5, 0.6) is 5.75 Å². The van der Waals surface area contributed by atoms with E-state index in [1.165, 1.54) is 18.4 Å². The maximum absolute atomic E-state index is 13.9. The van der Waals surface area contributed by atoms with Gasteiger partial charge in [-0.15, -0.1) is 0 Å². The number of carbonyl (C=O) groups excluding carboxylic acids is 1. The summed E-state index contributed by atoms with van der Waals surface area (Å²) < 4.78 is 8.10. The van der Waals surface area contributed by atoms with Crippen LogP contribution in [0.3, 0.4) is 0 Å². The monoisotopic (exact) mass is 560 g/mol. The van der Waals surface area contributed by atoms with Gasteiger partial charge in [0.25, 0.3) is 5.91 Å². The van der Waals surface area contributed by atoms with Crippen molar-refractivity contribution in [1.29, 1.82) is 0 Å². The predicted octanol–water partition coefficient (Wildman–Crippen LogP) is 4.99. The zero-order valence-corrected chi connectivity index (χ0v) is 23.5. The van der Waals surface area contributed by atoms with Gasteiger partial charge >= 0.3 is 0 Å². The lowest BCUT2D eigenvalue weighted by atomic mass is 9.96. The molecule has 2 N–H and O–H groups in total. The molecule has 212 valence electrons. The Bertz CT molecular complexity index is 1830. The molecule has 0 atom stereocenters. The highest BCUT2D eigenvalue weighted by Gasteiger charge is 2.30. The van der Waals surface area contributed by atoms with E-state index < -0.39 is 0 Å². The van der Waals surface area contributed by atoms with E-state index in [1.54, 1.807) is 11.1 Å². The summed E-state index contributed by atoms with van der Waals surface area (Å²) in [6, 6.07) is 16.3. The Labute approximate surface area is 243 Å². The summed E-state index contributed by atoms with van der Waals surface area (Å²) in [4.78, 5) is 25.9. The van der Waals surface area contributed by atoms with Gasteiger partial charge in [-0.05, 0) is 72.8 Å². The number of hydrogen-bond donors (Lipinski definition) is 2. The van der Waals surface area contributed by atoms with E-state index in [1.807, 2.05) is 47.3 Å². The molecule has 3 aromatic heterocycles. The van der Waals surface area contributed by atoms with E-state index in [4.69, 9.17) is 4.74 Å². The molecule has 3 aliphatic rings. The molecule has 2 aliphatic heterocycles. The quantitative estimate of drug-likeness (QED) is 0.304. The number of aliphatic hydroxyl groups is 1. The van der Waals surface area contributed by atoms with Crippen LogP contribution in [0, 0.1) is 0 Å². The third-order valence-corrected chi connectivity index (χ3v) is 8.86. The van der Waals surface area contributed by atoms with E-state index in [0.29, 0.717) is 47.7 Å². The van der Waals surface area contributed by atoms with Crippen LogP contribution in [0.2, 0.25) is 0 Å². The van der Waals surface area contributed by atoms with Gasteiger partial charge in [-0.1, -0.05) is 18.2 Å². The van der Waals surface area contributed by atoms with Crippen LogP contribution in [0.15, 0.2) is 67.1 Å². The molecule has 1 aliphatic carbocycles. The number of H-pyrrole nitrogens is 1. The molecule has 2 aromatic carbocycles. The Morgan fingerprint density at radius 2 is 1.95 bits per heavy atom. The standard InChI is InChI=1S/C33H32N6O3/c1-37-17-23(18-37)39-16-22(15-35-39)29-14-27-25(9-10-34-32(27)36-29)24-3-2-4-30(28(24)19-40)38-11-12-42-31-13-21(20-5-6-20)7-8-26(31)33(38)41/h2-4,7-10,13-16,20,23,40H,5-6,11-12,17-19H2,1H3,(H,34,36). The molecule has 0 bridgehead atoms. The highest BCUT2D eigenvalue weighted by Crippen LogP contribution is 2.43. The number of likely N-dealkylation sites (tertiary alicyclic amines) is 1. The predicted molar refractivity (Wildman–Crippen MR) is 161 cm³/mol. The topological polar surface area (TPSA) is 99.5 Å². The summed E-state index contributed by atoms with van der Waals surface area (Å²) in [6.07, 6.45) is 8.13. The number of amides is 1. The van der Waals surface area contributed by atoms with Gasteiger partial charge in [0.05, 0.1) is 42.3 Å². The second-order valence-corrected chi connectivity index (χ2v) is 11.7. The van der Waals surface area contributed by atoms with E-state index >= 15 is 0 Å². The first kappa shape index (κ1) is 25.3. The number of nitrogens with zero attached hydrogens (tertiary/aromatic N) is 5. The number of rotatable bonds is 6. The smallest absolute Gasteiger partial charge is 0.262 e. The highest BCUT2D eigenvalue weighted by atomic mass is 16.5. The van der Waals surface area contributed by atoms with Crippen molar-refractivity contribution in [2.75, 3.05) is 38.2 Å². The van der Waals surface area contributed by atoms with E-state index in [2.05, 4.69) is 45.3 Å².